The Morgan fingerprint density at radius 3 is 2.10 bits per heavy atom. The Bertz CT molecular complexity index is 410. The summed E-state index contributed by atoms with van der Waals surface area (Å²) in [4.78, 5) is 11.1. The van der Waals surface area contributed by atoms with E-state index >= 15 is 0 Å². The molecule has 114 valence electrons. The highest BCUT2D eigenvalue weighted by Crippen LogP contribution is 2.22. The third-order valence-corrected chi connectivity index (χ3v) is 2.86. The molecule has 0 fully saturated rings. The van der Waals surface area contributed by atoms with Gasteiger partial charge in [0.15, 0.2) is 0 Å². The van der Waals surface area contributed by atoms with Crippen molar-refractivity contribution in [1.82, 2.24) is 9.97 Å². The highest BCUT2D eigenvalue weighted by atomic mass is 16.5. The molecule has 0 radical (unpaired) electrons. The summed E-state index contributed by atoms with van der Waals surface area (Å²) < 4.78 is 10.3. The average Bonchev–Trinajstić information content (AvgIpc) is 2.37. The molecule has 0 amide bonds. The van der Waals surface area contributed by atoms with Crippen molar-refractivity contribution in [1.29, 1.82) is 0 Å². The number of ether oxygens (including phenoxy) is 2. The lowest BCUT2D eigenvalue weighted by Crippen LogP contribution is -2.32. The van der Waals surface area contributed by atoms with Crippen molar-refractivity contribution in [2.75, 3.05) is 51.2 Å². The van der Waals surface area contributed by atoms with Crippen molar-refractivity contribution >= 4 is 11.6 Å². The third kappa shape index (κ3) is 4.94. The maximum absolute atomic E-state index is 5.91. The van der Waals surface area contributed by atoms with E-state index in [0.29, 0.717) is 19.0 Å². The van der Waals surface area contributed by atoms with Crippen LogP contribution in [0.25, 0.3) is 0 Å². The minimum Gasteiger partial charge on any atom is -0.384 e. The number of hydrogen-bond acceptors (Lipinski definition) is 6. The van der Waals surface area contributed by atoms with Gasteiger partial charge < -0.3 is 20.1 Å². The van der Waals surface area contributed by atoms with Crippen molar-refractivity contribution in [2.24, 2.45) is 0 Å². The van der Waals surface area contributed by atoms with Crippen LogP contribution >= 0.6 is 0 Å². The predicted molar refractivity (Wildman–Crippen MR) is 81.1 cm³/mol. The minimum absolute atomic E-state index is 0.141. The zero-order valence-corrected chi connectivity index (χ0v) is 13.1. The third-order valence-electron chi connectivity index (χ3n) is 2.86. The molecule has 0 aliphatic carbocycles. The van der Waals surface area contributed by atoms with Gasteiger partial charge in [-0.25, -0.2) is 9.97 Å². The Kier molecular flexibility index (Phi) is 6.16. The maximum atomic E-state index is 5.91. The first-order valence-corrected chi connectivity index (χ1v) is 6.76. The highest BCUT2D eigenvalue weighted by Gasteiger charge is 2.20. The van der Waals surface area contributed by atoms with Crippen molar-refractivity contribution in [3.05, 3.63) is 11.9 Å². The summed E-state index contributed by atoms with van der Waals surface area (Å²) in [6.45, 7) is 8.93. The molecule has 2 N–H and O–H groups in total. The lowest BCUT2D eigenvalue weighted by Gasteiger charge is -2.25. The summed E-state index contributed by atoms with van der Waals surface area (Å²) in [6.07, 6.45) is 0. The van der Waals surface area contributed by atoms with E-state index in [0.717, 1.165) is 24.7 Å². The maximum Gasteiger partial charge on any atom is 0.138 e. The van der Waals surface area contributed by atoms with Gasteiger partial charge in [0.1, 0.15) is 17.5 Å². The summed E-state index contributed by atoms with van der Waals surface area (Å²) >= 11 is 0. The number of rotatable bonds is 7. The number of nitrogens with zero attached hydrogens (tertiary/aromatic N) is 3. The fourth-order valence-electron chi connectivity index (χ4n) is 1.69. The second-order valence-corrected chi connectivity index (χ2v) is 5.70. The molecular formula is C14H26N4O2. The first kappa shape index (κ1) is 16.7. The molecule has 1 rings (SSSR count). The average molecular weight is 282 g/mol. The monoisotopic (exact) mass is 282 g/mol. The fourth-order valence-corrected chi connectivity index (χ4v) is 1.69. The molecule has 0 saturated carbocycles. The van der Waals surface area contributed by atoms with E-state index < -0.39 is 0 Å². The molecule has 6 nitrogen and oxygen atoms in total. The van der Waals surface area contributed by atoms with Crippen LogP contribution in [0.15, 0.2) is 6.07 Å². The largest absolute Gasteiger partial charge is 0.384 e. The SMILES string of the molecule is COCCN(CCOC)c1cc(N)nc(C(C)(C)C)n1. The Labute approximate surface area is 121 Å². The van der Waals surface area contributed by atoms with E-state index in [4.69, 9.17) is 15.2 Å². The fraction of sp³-hybridized carbons (Fsp3) is 0.714. The molecule has 0 saturated heterocycles. The Morgan fingerprint density at radius 1 is 1.10 bits per heavy atom. The second kappa shape index (κ2) is 7.40. The molecule has 0 aliphatic heterocycles. The smallest absolute Gasteiger partial charge is 0.138 e. The molecule has 0 atom stereocenters. The van der Waals surface area contributed by atoms with Crippen molar-refractivity contribution < 1.29 is 9.47 Å². The van der Waals surface area contributed by atoms with Crippen molar-refractivity contribution in [2.45, 2.75) is 26.2 Å². The number of nitrogen functional groups attached to an aromatic ring is 1. The van der Waals surface area contributed by atoms with E-state index in [1.807, 2.05) is 0 Å². The highest BCUT2D eigenvalue weighted by molar-refractivity contribution is 5.47. The van der Waals surface area contributed by atoms with Gasteiger partial charge in [0.05, 0.1) is 13.2 Å². The second-order valence-electron chi connectivity index (χ2n) is 5.70. The van der Waals surface area contributed by atoms with E-state index in [1.165, 1.54) is 0 Å². The first-order valence-electron chi connectivity index (χ1n) is 6.76. The molecular weight excluding hydrogens is 256 g/mol. The van der Waals surface area contributed by atoms with E-state index in [2.05, 4.69) is 35.6 Å². The van der Waals surface area contributed by atoms with Gasteiger partial charge in [0.2, 0.25) is 0 Å². The summed E-state index contributed by atoms with van der Waals surface area (Å²) in [6, 6.07) is 1.79. The molecule has 6 heteroatoms. The quantitative estimate of drug-likeness (QED) is 0.816. The topological polar surface area (TPSA) is 73.5 Å². The molecule has 0 aromatic carbocycles. The van der Waals surface area contributed by atoms with E-state index in [9.17, 15) is 0 Å². The van der Waals surface area contributed by atoms with Gasteiger partial charge in [0, 0.05) is 38.8 Å². The van der Waals surface area contributed by atoms with Gasteiger partial charge in [-0.05, 0) is 0 Å². The molecule has 0 bridgehead atoms. The lowest BCUT2D eigenvalue weighted by molar-refractivity contribution is 0.190. The van der Waals surface area contributed by atoms with Crippen LogP contribution in [0.2, 0.25) is 0 Å². The lowest BCUT2D eigenvalue weighted by atomic mass is 9.96. The molecule has 1 heterocycles. The van der Waals surface area contributed by atoms with Crippen LogP contribution in [-0.2, 0) is 14.9 Å². The summed E-state index contributed by atoms with van der Waals surface area (Å²) in [7, 11) is 3.37. The van der Waals surface area contributed by atoms with Crippen molar-refractivity contribution in [3.63, 3.8) is 0 Å². The van der Waals surface area contributed by atoms with Crippen LogP contribution in [0.4, 0.5) is 11.6 Å². The van der Waals surface area contributed by atoms with Gasteiger partial charge in [-0.2, -0.15) is 0 Å². The van der Waals surface area contributed by atoms with Crippen LogP contribution < -0.4 is 10.6 Å². The minimum atomic E-state index is -0.141. The molecule has 0 spiro atoms. The number of nitrogens with two attached hydrogens (primary N) is 1. The van der Waals surface area contributed by atoms with Gasteiger partial charge in [-0.15, -0.1) is 0 Å². The van der Waals surface area contributed by atoms with Crippen LogP contribution in [0.1, 0.15) is 26.6 Å². The van der Waals surface area contributed by atoms with Gasteiger partial charge in [0.25, 0.3) is 0 Å². The first-order chi connectivity index (χ1) is 9.38. The van der Waals surface area contributed by atoms with Crippen LogP contribution in [0.5, 0.6) is 0 Å². The molecule has 0 aliphatic rings. The number of methoxy groups -OCH3 is 2. The Hall–Kier alpha value is -1.40. The van der Waals surface area contributed by atoms with Crippen LogP contribution in [-0.4, -0.2) is 50.5 Å². The molecule has 1 aromatic heterocycles. The van der Waals surface area contributed by atoms with Gasteiger partial charge in [-0.1, -0.05) is 20.8 Å². The zero-order valence-electron chi connectivity index (χ0n) is 13.1. The summed E-state index contributed by atoms with van der Waals surface area (Å²) in [5.74, 6) is 2.05. The number of hydrogen-bond donors (Lipinski definition) is 1. The van der Waals surface area contributed by atoms with Crippen LogP contribution in [0.3, 0.4) is 0 Å². The van der Waals surface area contributed by atoms with Crippen LogP contribution in [0, 0.1) is 0 Å². The number of aromatic nitrogens is 2. The van der Waals surface area contributed by atoms with E-state index in [-0.39, 0.29) is 5.41 Å². The molecule has 1 aromatic rings. The summed E-state index contributed by atoms with van der Waals surface area (Å²) in [5.41, 5.74) is 5.77. The normalized spacial score (nSPS) is 11.7. The van der Waals surface area contributed by atoms with E-state index in [1.54, 1.807) is 20.3 Å². The molecule has 20 heavy (non-hydrogen) atoms. The van der Waals surface area contributed by atoms with Crippen molar-refractivity contribution in [3.8, 4) is 0 Å². The number of anilines is 2. The Morgan fingerprint density at radius 2 is 1.65 bits per heavy atom. The predicted octanol–water partition coefficient (Wildman–Crippen LogP) is 1.46. The van der Waals surface area contributed by atoms with Gasteiger partial charge in [-0.3, -0.25) is 0 Å². The molecule has 0 unspecified atom stereocenters. The Balaban J connectivity index is 3.02. The zero-order chi connectivity index (χ0) is 15.2. The van der Waals surface area contributed by atoms with Gasteiger partial charge >= 0.3 is 0 Å². The summed E-state index contributed by atoms with van der Waals surface area (Å²) in [5, 5.41) is 0. The standard InChI is InChI=1S/C14H26N4O2/c1-14(2,3)13-16-11(15)10-12(17-13)18(6-8-19-4)7-9-20-5/h10H,6-9H2,1-5H3,(H2,15,16,17).